The molecule has 2 N–H and O–H groups in total. The molecule has 0 unspecified atom stereocenters. The minimum atomic E-state index is -0.201. The maximum atomic E-state index is 12.2. The number of nitrogens with one attached hydrogen (secondary N) is 1. The van der Waals surface area contributed by atoms with Gasteiger partial charge in [0.25, 0.3) is 5.56 Å². The zero-order chi connectivity index (χ0) is 17.0. The number of aromatic amines is 1. The Kier molecular flexibility index (Phi) is 6.04. The molecule has 7 heteroatoms. The Bertz CT molecular complexity index is 792. The number of hydrogen-bond acceptors (Lipinski definition) is 5. The molecule has 0 aliphatic heterocycles. The van der Waals surface area contributed by atoms with Crippen LogP contribution in [-0.4, -0.2) is 28.0 Å². The van der Waals surface area contributed by atoms with E-state index in [0.717, 1.165) is 16.0 Å². The molecule has 5 nitrogen and oxygen atoms in total. The molecule has 23 heavy (non-hydrogen) atoms. The molecule has 2 rings (SSSR count). The standard InChI is InChI=1S/C16H20N2O3S2/c1-4-13-14(20)17-16(22)18(21-6-5-19)15(13)23-12-8-10(2)7-11(3)9-12/h7-9,19H,4-6H2,1-3H3,(H,17,20,22). The number of aliphatic hydroxyl groups is 1. The lowest BCUT2D eigenvalue weighted by atomic mass is 10.2. The van der Waals surface area contributed by atoms with E-state index in [0.29, 0.717) is 17.0 Å². The van der Waals surface area contributed by atoms with Gasteiger partial charge in [0.1, 0.15) is 11.6 Å². The van der Waals surface area contributed by atoms with Crippen molar-refractivity contribution in [1.82, 2.24) is 9.71 Å². The second-order valence-corrected chi connectivity index (χ2v) is 6.62. The van der Waals surface area contributed by atoms with E-state index in [2.05, 4.69) is 23.2 Å². The molecule has 1 heterocycles. The van der Waals surface area contributed by atoms with Gasteiger partial charge in [0.05, 0.1) is 12.2 Å². The minimum absolute atomic E-state index is 0.101. The van der Waals surface area contributed by atoms with E-state index in [9.17, 15) is 4.79 Å². The lowest BCUT2D eigenvalue weighted by molar-refractivity contribution is 0.0547. The van der Waals surface area contributed by atoms with Crippen LogP contribution in [-0.2, 0) is 6.42 Å². The van der Waals surface area contributed by atoms with Crippen LogP contribution in [0.1, 0.15) is 23.6 Å². The normalized spacial score (nSPS) is 10.8. The molecule has 0 fully saturated rings. The number of H-pyrrole nitrogens is 1. The van der Waals surface area contributed by atoms with Gasteiger partial charge in [0.2, 0.25) is 4.77 Å². The van der Waals surface area contributed by atoms with E-state index in [4.69, 9.17) is 22.2 Å². The summed E-state index contributed by atoms with van der Waals surface area (Å²) in [6.07, 6.45) is 0.556. The van der Waals surface area contributed by atoms with Gasteiger partial charge in [-0.15, -0.1) is 4.73 Å². The Labute approximate surface area is 144 Å². The SMILES string of the molecule is CCc1c(Sc2cc(C)cc(C)c2)n(OCCO)c(=S)[nH]c1=O. The molecular formula is C16H20N2O3S2. The zero-order valence-corrected chi connectivity index (χ0v) is 15.0. The Morgan fingerprint density at radius 2 is 1.96 bits per heavy atom. The number of hydrogen-bond donors (Lipinski definition) is 2. The topological polar surface area (TPSA) is 67.2 Å². The first-order valence-corrected chi connectivity index (χ1v) is 8.57. The maximum absolute atomic E-state index is 12.2. The predicted octanol–water partition coefficient (Wildman–Crippen LogP) is 2.66. The van der Waals surface area contributed by atoms with Crippen LogP contribution < -0.4 is 10.4 Å². The van der Waals surface area contributed by atoms with E-state index < -0.39 is 0 Å². The van der Waals surface area contributed by atoms with Crippen molar-refractivity contribution >= 4 is 24.0 Å². The lowest BCUT2D eigenvalue weighted by Gasteiger charge is -2.16. The second kappa shape index (κ2) is 7.81. The van der Waals surface area contributed by atoms with E-state index in [1.165, 1.54) is 16.5 Å². The number of benzene rings is 1. The van der Waals surface area contributed by atoms with E-state index >= 15 is 0 Å². The van der Waals surface area contributed by atoms with Gasteiger partial charge in [-0.2, -0.15) is 0 Å². The van der Waals surface area contributed by atoms with Crippen LogP contribution in [0.4, 0.5) is 0 Å². The maximum Gasteiger partial charge on any atom is 0.256 e. The summed E-state index contributed by atoms with van der Waals surface area (Å²) >= 11 is 6.65. The fourth-order valence-electron chi connectivity index (χ4n) is 2.30. The second-order valence-electron chi connectivity index (χ2n) is 5.17. The fourth-order valence-corrected chi connectivity index (χ4v) is 3.90. The Morgan fingerprint density at radius 1 is 1.30 bits per heavy atom. The van der Waals surface area contributed by atoms with Crippen LogP contribution in [0.25, 0.3) is 0 Å². The van der Waals surface area contributed by atoms with Gasteiger partial charge in [-0.25, -0.2) is 0 Å². The van der Waals surface area contributed by atoms with Crippen molar-refractivity contribution < 1.29 is 9.94 Å². The summed E-state index contributed by atoms with van der Waals surface area (Å²) < 4.78 is 1.61. The number of aliphatic hydroxyl groups excluding tert-OH is 1. The van der Waals surface area contributed by atoms with Crippen molar-refractivity contribution in [3.63, 3.8) is 0 Å². The van der Waals surface area contributed by atoms with E-state index in [-0.39, 0.29) is 23.5 Å². The molecule has 2 aromatic rings. The van der Waals surface area contributed by atoms with Gasteiger partial charge in [0.15, 0.2) is 0 Å². The number of aryl methyl sites for hydroxylation is 2. The van der Waals surface area contributed by atoms with Crippen LogP contribution in [0, 0.1) is 18.6 Å². The molecule has 1 aromatic heterocycles. The van der Waals surface area contributed by atoms with Gasteiger partial charge in [-0.3, -0.25) is 9.78 Å². The summed E-state index contributed by atoms with van der Waals surface area (Å²) in [6.45, 7) is 5.95. The molecule has 0 radical (unpaired) electrons. The molecule has 0 saturated heterocycles. The van der Waals surface area contributed by atoms with Crippen molar-refractivity contribution in [2.24, 2.45) is 0 Å². The Morgan fingerprint density at radius 3 is 2.52 bits per heavy atom. The van der Waals surface area contributed by atoms with Crippen LogP contribution in [0.15, 0.2) is 32.9 Å². The molecule has 0 aliphatic rings. The predicted molar refractivity (Wildman–Crippen MR) is 93.8 cm³/mol. The molecule has 0 amide bonds. The van der Waals surface area contributed by atoms with Crippen molar-refractivity contribution in [2.45, 2.75) is 37.1 Å². The summed E-state index contributed by atoms with van der Waals surface area (Å²) in [4.78, 5) is 21.3. The molecule has 0 spiro atoms. The van der Waals surface area contributed by atoms with Crippen molar-refractivity contribution in [1.29, 1.82) is 0 Å². The van der Waals surface area contributed by atoms with Crippen LogP contribution in [0.3, 0.4) is 0 Å². The number of aromatic nitrogens is 2. The van der Waals surface area contributed by atoms with Crippen LogP contribution in [0.2, 0.25) is 0 Å². The van der Waals surface area contributed by atoms with Crippen LogP contribution >= 0.6 is 24.0 Å². The summed E-state index contributed by atoms with van der Waals surface area (Å²) in [7, 11) is 0. The first kappa shape index (κ1) is 17.8. The molecule has 1 aromatic carbocycles. The third kappa shape index (κ3) is 4.25. The monoisotopic (exact) mass is 352 g/mol. The largest absolute Gasteiger partial charge is 0.408 e. The quantitative estimate of drug-likeness (QED) is 0.618. The average Bonchev–Trinajstić information content (AvgIpc) is 2.46. The third-order valence-electron chi connectivity index (χ3n) is 3.20. The van der Waals surface area contributed by atoms with Crippen molar-refractivity contribution in [2.75, 3.05) is 13.2 Å². The minimum Gasteiger partial charge on any atom is -0.408 e. The summed E-state index contributed by atoms with van der Waals surface area (Å²) in [5, 5.41) is 9.65. The van der Waals surface area contributed by atoms with Crippen molar-refractivity contribution in [3.8, 4) is 0 Å². The van der Waals surface area contributed by atoms with Gasteiger partial charge in [-0.05, 0) is 55.7 Å². The first-order chi connectivity index (χ1) is 11.0. The molecule has 0 aliphatic carbocycles. The highest BCUT2D eigenvalue weighted by molar-refractivity contribution is 7.99. The number of rotatable bonds is 6. The highest BCUT2D eigenvalue weighted by Crippen LogP contribution is 2.30. The molecule has 0 atom stereocenters. The fraction of sp³-hybridized carbons (Fsp3) is 0.375. The van der Waals surface area contributed by atoms with Gasteiger partial charge < -0.3 is 9.94 Å². The first-order valence-electron chi connectivity index (χ1n) is 7.34. The molecular weight excluding hydrogens is 332 g/mol. The third-order valence-corrected chi connectivity index (χ3v) is 4.54. The highest BCUT2D eigenvalue weighted by atomic mass is 32.2. The average molecular weight is 352 g/mol. The summed E-state index contributed by atoms with van der Waals surface area (Å²) in [5.74, 6) is 0. The van der Waals surface area contributed by atoms with Gasteiger partial charge in [-0.1, -0.05) is 24.8 Å². The molecule has 0 bridgehead atoms. The summed E-state index contributed by atoms with van der Waals surface area (Å²) in [5.41, 5.74) is 2.71. The zero-order valence-electron chi connectivity index (χ0n) is 13.4. The van der Waals surface area contributed by atoms with Crippen LogP contribution in [0.5, 0.6) is 0 Å². The smallest absolute Gasteiger partial charge is 0.256 e. The van der Waals surface area contributed by atoms with Gasteiger partial charge >= 0.3 is 0 Å². The summed E-state index contributed by atoms with van der Waals surface area (Å²) in [6, 6.07) is 6.20. The molecule has 124 valence electrons. The molecule has 0 saturated carbocycles. The Balaban J connectivity index is 2.57. The Hall–Kier alpha value is -1.57. The number of nitrogens with zero attached hydrogens (tertiary/aromatic N) is 1. The van der Waals surface area contributed by atoms with E-state index in [1.807, 2.05) is 20.8 Å². The van der Waals surface area contributed by atoms with Gasteiger partial charge in [0, 0.05) is 4.90 Å². The highest BCUT2D eigenvalue weighted by Gasteiger charge is 2.15. The lowest BCUT2D eigenvalue weighted by Crippen LogP contribution is -2.26. The van der Waals surface area contributed by atoms with E-state index in [1.54, 1.807) is 0 Å². The van der Waals surface area contributed by atoms with Crippen molar-refractivity contribution in [3.05, 3.63) is 50.0 Å².